The van der Waals surface area contributed by atoms with Gasteiger partial charge in [-0.1, -0.05) is 0 Å². The van der Waals surface area contributed by atoms with Gasteiger partial charge in [0.25, 0.3) is 0 Å². The van der Waals surface area contributed by atoms with E-state index in [4.69, 9.17) is 5.26 Å². The van der Waals surface area contributed by atoms with Gasteiger partial charge in [0.15, 0.2) is 0 Å². The van der Waals surface area contributed by atoms with Crippen molar-refractivity contribution >= 4 is 5.78 Å². The molecule has 0 unspecified atom stereocenters. The molecule has 2 nitrogen and oxygen atoms in total. The van der Waals surface area contributed by atoms with Crippen LogP contribution in [0.4, 0.5) is 0 Å². The van der Waals surface area contributed by atoms with E-state index < -0.39 is 0 Å². The molecule has 0 heterocycles. The van der Waals surface area contributed by atoms with Gasteiger partial charge in [0.1, 0.15) is 5.78 Å². The Morgan fingerprint density at radius 3 is 1.50 bits per heavy atom. The van der Waals surface area contributed by atoms with Crippen molar-refractivity contribution in [3.63, 3.8) is 0 Å². The van der Waals surface area contributed by atoms with Crippen LogP contribution < -0.4 is 0 Å². The Labute approximate surface area is 60.4 Å². The number of ketones is 1. The Balaban J connectivity index is -0.0000000575. The van der Waals surface area contributed by atoms with Crippen LogP contribution >= 0.6 is 0 Å². The Kier molecular flexibility index (Phi) is 31.1. The minimum absolute atomic E-state index is 0. The Morgan fingerprint density at radius 1 is 1.50 bits per heavy atom. The summed E-state index contributed by atoms with van der Waals surface area (Å²) in [4.78, 5) is 9.44. The van der Waals surface area contributed by atoms with E-state index in [0.29, 0.717) is 0 Å². The zero-order valence-electron chi connectivity index (χ0n) is 5.21. The summed E-state index contributed by atoms with van der Waals surface area (Å²) in [6.45, 7) is 4.49. The summed E-state index contributed by atoms with van der Waals surface area (Å²) in [6, 6.07) is 1.75. The summed E-state index contributed by atoms with van der Waals surface area (Å²) >= 11 is 0. The van der Waals surface area contributed by atoms with Crippen LogP contribution in [-0.2, 0) is 21.9 Å². The van der Waals surface area contributed by atoms with E-state index in [9.17, 15) is 4.79 Å². The third-order valence-electron chi connectivity index (χ3n) is 0. The van der Waals surface area contributed by atoms with Crippen LogP contribution in [-0.4, -0.2) is 5.78 Å². The van der Waals surface area contributed by atoms with E-state index in [1.165, 1.54) is 20.8 Å². The molecule has 0 aliphatic rings. The average Bonchev–Trinajstić information content (AvgIpc) is 1.33. The molecular formula is C5H9FeNO. The summed E-state index contributed by atoms with van der Waals surface area (Å²) in [6.07, 6.45) is 0. The second-order valence-electron chi connectivity index (χ2n) is 1.13. The number of carbonyl (C=O) groups excluding carboxylic acids is 1. The van der Waals surface area contributed by atoms with Gasteiger partial charge in [0.05, 0.1) is 6.07 Å². The average molecular weight is 155 g/mol. The molecule has 8 heavy (non-hydrogen) atoms. The van der Waals surface area contributed by atoms with E-state index in [1.54, 1.807) is 6.07 Å². The molecule has 0 aromatic rings. The first-order valence-electron chi connectivity index (χ1n) is 1.93. The van der Waals surface area contributed by atoms with Crippen LogP contribution in [0.25, 0.3) is 0 Å². The fraction of sp³-hybridized carbons (Fsp3) is 0.600. The van der Waals surface area contributed by atoms with E-state index in [1.807, 2.05) is 0 Å². The van der Waals surface area contributed by atoms with Gasteiger partial charge in [0, 0.05) is 24.0 Å². The number of nitriles is 1. The second kappa shape index (κ2) is 15.9. The van der Waals surface area contributed by atoms with Gasteiger partial charge in [-0.3, -0.25) is 0 Å². The summed E-state index contributed by atoms with van der Waals surface area (Å²) in [5.74, 6) is 0.167. The van der Waals surface area contributed by atoms with Crippen molar-refractivity contribution in [1.29, 1.82) is 5.26 Å². The Morgan fingerprint density at radius 2 is 1.50 bits per heavy atom. The monoisotopic (exact) mass is 155 g/mol. The van der Waals surface area contributed by atoms with Crippen molar-refractivity contribution in [3.8, 4) is 6.07 Å². The molecule has 0 saturated heterocycles. The standard InChI is InChI=1S/C3H6O.C2H3N.Fe/c1-3(2)4;1-2-3;/h1-2H3;1H3;. The molecule has 3 heteroatoms. The molecule has 0 aliphatic carbocycles. The molecular weight excluding hydrogens is 146 g/mol. The normalized spacial score (nSPS) is 4.25. The van der Waals surface area contributed by atoms with Crippen molar-refractivity contribution < 1.29 is 21.9 Å². The molecule has 0 N–H and O–H groups in total. The van der Waals surface area contributed by atoms with Crippen LogP contribution in [0.3, 0.4) is 0 Å². The van der Waals surface area contributed by atoms with Crippen LogP contribution in [0.15, 0.2) is 0 Å². The third-order valence-corrected chi connectivity index (χ3v) is 0. The SMILES string of the molecule is CC#N.CC(C)=O.[Fe]. The van der Waals surface area contributed by atoms with Crippen LogP contribution in [0.2, 0.25) is 0 Å². The molecule has 0 aliphatic heterocycles. The molecule has 0 spiro atoms. The summed E-state index contributed by atoms with van der Waals surface area (Å²) in [5.41, 5.74) is 0. The van der Waals surface area contributed by atoms with Crippen molar-refractivity contribution in [1.82, 2.24) is 0 Å². The summed E-state index contributed by atoms with van der Waals surface area (Å²) in [5, 5.41) is 7.32. The number of nitrogens with zero attached hydrogens (tertiary/aromatic N) is 1. The molecule has 0 bridgehead atoms. The smallest absolute Gasteiger partial charge is 0.126 e. The maximum absolute atomic E-state index is 9.44. The van der Waals surface area contributed by atoms with E-state index in [0.717, 1.165) is 0 Å². The zero-order chi connectivity index (χ0) is 6.28. The number of carbonyl (C=O) groups is 1. The first-order chi connectivity index (χ1) is 3.15. The molecule has 0 saturated carbocycles. The van der Waals surface area contributed by atoms with Crippen LogP contribution in [0.1, 0.15) is 20.8 Å². The molecule has 0 amide bonds. The fourth-order valence-electron chi connectivity index (χ4n) is 0. The number of hydrogen-bond acceptors (Lipinski definition) is 2. The maximum atomic E-state index is 9.44. The quantitative estimate of drug-likeness (QED) is 0.491. The van der Waals surface area contributed by atoms with E-state index >= 15 is 0 Å². The van der Waals surface area contributed by atoms with Crippen LogP contribution in [0.5, 0.6) is 0 Å². The van der Waals surface area contributed by atoms with E-state index in [2.05, 4.69) is 0 Å². The molecule has 0 atom stereocenters. The van der Waals surface area contributed by atoms with E-state index in [-0.39, 0.29) is 22.9 Å². The first kappa shape index (κ1) is 15.6. The molecule has 0 aromatic carbocycles. The largest absolute Gasteiger partial charge is 0.300 e. The van der Waals surface area contributed by atoms with Gasteiger partial charge in [-0.25, -0.2) is 0 Å². The van der Waals surface area contributed by atoms with Crippen molar-refractivity contribution in [3.05, 3.63) is 0 Å². The maximum Gasteiger partial charge on any atom is 0.126 e. The minimum Gasteiger partial charge on any atom is -0.300 e. The fourth-order valence-corrected chi connectivity index (χ4v) is 0. The third kappa shape index (κ3) is 1210. The first-order valence-corrected chi connectivity index (χ1v) is 1.93. The van der Waals surface area contributed by atoms with Gasteiger partial charge in [-0.15, -0.1) is 0 Å². The van der Waals surface area contributed by atoms with Gasteiger partial charge < -0.3 is 4.79 Å². The van der Waals surface area contributed by atoms with Gasteiger partial charge in [-0.05, 0) is 13.8 Å². The van der Waals surface area contributed by atoms with Crippen LogP contribution in [0, 0.1) is 11.3 Å². The predicted octanol–water partition coefficient (Wildman–Crippen LogP) is 1.12. The summed E-state index contributed by atoms with van der Waals surface area (Å²) < 4.78 is 0. The second-order valence-corrected chi connectivity index (χ2v) is 1.13. The number of hydrogen-bond donors (Lipinski definition) is 0. The molecule has 0 rings (SSSR count). The number of Topliss-reactive ketones (excluding diaryl/α,β-unsaturated/α-hetero) is 1. The van der Waals surface area contributed by atoms with Crippen molar-refractivity contribution in [2.24, 2.45) is 0 Å². The van der Waals surface area contributed by atoms with Gasteiger partial charge in [-0.2, -0.15) is 5.26 Å². The molecule has 0 radical (unpaired) electrons. The van der Waals surface area contributed by atoms with Gasteiger partial charge in [0.2, 0.25) is 0 Å². The van der Waals surface area contributed by atoms with Gasteiger partial charge >= 0.3 is 0 Å². The topological polar surface area (TPSA) is 40.9 Å². The minimum atomic E-state index is 0. The Bertz CT molecular complexity index is 80.9. The molecule has 48 valence electrons. The molecule has 0 fully saturated rings. The predicted molar refractivity (Wildman–Crippen MR) is 27.6 cm³/mol. The Hall–Kier alpha value is -0.321. The number of rotatable bonds is 0. The van der Waals surface area contributed by atoms with Crippen molar-refractivity contribution in [2.45, 2.75) is 20.8 Å². The summed E-state index contributed by atoms with van der Waals surface area (Å²) in [7, 11) is 0. The molecule has 0 aromatic heterocycles. The zero-order valence-corrected chi connectivity index (χ0v) is 6.31. The van der Waals surface area contributed by atoms with Crippen molar-refractivity contribution in [2.75, 3.05) is 0 Å².